The first-order valence-electron chi connectivity index (χ1n) is 7.40. The number of sulfonamides is 1. The minimum atomic E-state index is -3.16. The summed E-state index contributed by atoms with van der Waals surface area (Å²) in [6.45, 7) is 10.7. The Labute approximate surface area is 118 Å². The van der Waals surface area contributed by atoms with E-state index in [1.54, 1.807) is 0 Å². The molecule has 1 fully saturated rings. The molecule has 0 aliphatic carbocycles. The largest absolute Gasteiger partial charge is 0.316 e. The van der Waals surface area contributed by atoms with Gasteiger partial charge in [-0.3, -0.25) is 0 Å². The van der Waals surface area contributed by atoms with E-state index in [-0.39, 0.29) is 17.7 Å². The Morgan fingerprint density at radius 2 is 2.05 bits per heavy atom. The molecular weight excluding hydrogens is 262 g/mol. The van der Waals surface area contributed by atoms with Crippen LogP contribution in [0.1, 0.15) is 33.6 Å². The maximum atomic E-state index is 12.1. The number of hydrogen-bond acceptors (Lipinski definition) is 4. The SMILES string of the molecule is CCN(CC)CC(C)NS(=O)(=O)CC1CCCNC1. The standard InChI is InChI=1S/C13H29N3O2S/c1-4-16(5-2)10-12(3)15-19(17,18)11-13-7-6-8-14-9-13/h12-15H,4-11H2,1-3H3. The second-order valence-corrected chi connectivity index (χ2v) is 7.30. The molecule has 0 spiro atoms. The molecule has 19 heavy (non-hydrogen) atoms. The van der Waals surface area contributed by atoms with E-state index >= 15 is 0 Å². The van der Waals surface area contributed by atoms with Crippen molar-refractivity contribution < 1.29 is 8.42 Å². The zero-order valence-corrected chi connectivity index (χ0v) is 13.3. The molecule has 114 valence electrons. The van der Waals surface area contributed by atoms with Crippen molar-refractivity contribution >= 4 is 10.0 Å². The molecule has 1 saturated heterocycles. The third-order valence-corrected chi connectivity index (χ3v) is 5.33. The fraction of sp³-hybridized carbons (Fsp3) is 1.00. The molecule has 1 heterocycles. The molecule has 0 saturated carbocycles. The quantitative estimate of drug-likeness (QED) is 0.689. The summed E-state index contributed by atoms with van der Waals surface area (Å²) in [4.78, 5) is 2.23. The predicted molar refractivity (Wildman–Crippen MR) is 79.8 cm³/mol. The first-order chi connectivity index (χ1) is 8.96. The average molecular weight is 291 g/mol. The fourth-order valence-electron chi connectivity index (χ4n) is 2.64. The molecule has 2 atom stereocenters. The van der Waals surface area contributed by atoms with E-state index in [2.05, 4.69) is 28.8 Å². The molecule has 0 amide bonds. The molecule has 0 radical (unpaired) electrons. The lowest BCUT2D eigenvalue weighted by molar-refractivity contribution is 0.282. The zero-order chi connectivity index (χ0) is 14.3. The molecule has 0 bridgehead atoms. The monoisotopic (exact) mass is 291 g/mol. The van der Waals surface area contributed by atoms with Gasteiger partial charge in [-0.2, -0.15) is 0 Å². The van der Waals surface area contributed by atoms with Crippen LogP contribution in [0.25, 0.3) is 0 Å². The van der Waals surface area contributed by atoms with Crippen molar-refractivity contribution in [2.75, 3.05) is 38.5 Å². The minimum absolute atomic E-state index is 0.0264. The molecule has 0 aromatic carbocycles. The summed E-state index contributed by atoms with van der Waals surface area (Å²) >= 11 is 0. The van der Waals surface area contributed by atoms with Gasteiger partial charge in [0, 0.05) is 12.6 Å². The third kappa shape index (κ3) is 6.70. The van der Waals surface area contributed by atoms with Crippen LogP contribution in [-0.2, 0) is 10.0 Å². The highest BCUT2D eigenvalue weighted by Gasteiger charge is 2.22. The van der Waals surface area contributed by atoms with E-state index in [0.717, 1.165) is 45.6 Å². The molecule has 0 aromatic rings. The van der Waals surface area contributed by atoms with Crippen LogP contribution in [-0.4, -0.2) is 57.8 Å². The highest BCUT2D eigenvalue weighted by Crippen LogP contribution is 2.12. The Bertz CT molecular complexity index is 336. The molecule has 5 nitrogen and oxygen atoms in total. The smallest absolute Gasteiger partial charge is 0.212 e. The van der Waals surface area contributed by atoms with Crippen LogP contribution in [0.2, 0.25) is 0 Å². The first kappa shape index (κ1) is 16.9. The van der Waals surface area contributed by atoms with E-state index in [1.807, 2.05) is 6.92 Å². The van der Waals surface area contributed by atoms with Crippen LogP contribution < -0.4 is 10.0 Å². The first-order valence-corrected chi connectivity index (χ1v) is 9.05. The van der Waals surface area contributed by atoms with E-state index in [4.69, 9.17) is 0 Å². The van der Waals surface area contributed by atoms with E-state index in [9.17, 15) is 8.42 Å². The summed E-state index contributed by atoms with van der Waals surface area (Å²) in [6, 6.07) is -0.0264. The summed E-state index contributed by atoms with van der Waals surface area (Å²) in [5.74, 6) is 0.509. The van der Waals surface area contributed by atoms with Crippen LogP contribution in [0.3, 0.4) is 0 Å². The van der Waals surface area contributed by atoms with Gasteiger partial charge in [0.1, 0.15) is 0 Å². The number of nitrogens with zero attached hydrogens (tertiary/aromatic N) is 1. The highest BCUT2D eigenvalue weighted by atomic mass is 32.2. The molecule has 6 heteroatoms. The second-order valence-electron chi connectivity index (χ2n) is 5.50. The van der Waals surface area contributed by atoms with E-state index < -0.39 is 10.0 Å². The van der Waals surface area contributed by atoms with Crippen LogP contribution in [0, 0.1) is 5.92 Å². The summed E-state index contributed by atoms with van der Waals surface area (Å²) in [6.07, 6.45) is 2.09. The van der Waals surface area contributed by atoms with Gasteiger partial charge in [-0.15, -0.1) is 0 Å². The Hall–Kier alpha value is -0.170. The van der Waals surface area contributed by atoms with Crippen molar-refractivity contribution in [1.82, 2.24) is 14.9 Å². The molecular formula is C13H29N3O2S. The van der Waals surface area contributed by atoms with Gasteiger partial charge in [-0.1, -0.05) is 13.8 Å². The van der Waals surface area contributed by atoms with Crippen molar-refractivity contribution in [3.63, 3.8) is 0 Å². The summed E-state index contributed by atoms with van der Waals surface area (Å²) in [7, 11) is -3.16. The maximum absolute atomic E-state index is 12.1. The van der Waals surface area contributed by atoms with Gasteiger partial charge in [0.25, 0.3) is 0 Å². The van der Waals surface area contributed by atoms with Gasteiger partial charge < -0.3 is 10.2 Å². The topological polar surface area (TPSA) is 61.4 Å². The predicted octanol–water partition coefficient (Wildman–Crippen LogP) is 0.636. The van der Waals surface area contributed by atoms with Crippen molar-refractivity contribution in [3.8, 4) is 0 Å². The second kappa shape index (κ2) is 8.19. The van der Waals surface area contributed by atoms with Gasteiger partial charge in [0.15, 0.2) is 0 Å². The van der Waals surface area contributed by atoms with Gasteiger partial charge in [-0.05, 0) is 51.9 Å². The molecule has 0 aromatic heterocycles. The van der Waals surface area contributed by atoms with Gasteiger partial charge in [-0.25, -0.2) is 13.1 Å². The summed E-state index contributed by atoms with van der Waals surface area (Å²) < 4.78 is 27.0. The third-order valence-electron chi connectivity index (χ3n) is 3.66. The van der Waals surface area contributed by atoms with Crippen LogP contribution in [0.15, 0.2) is 0 Å². The molecule has 1 aliphatic heterocycles. The van der Waals surface area contributed by atoms with Crippen LogP contribution in [0.5, 0.6) is 0 Å². The zero-order valence-electron chi connectivity index (χ0n) is 12.5. The number of piperidine rings is 1. The Balaban J connectivity index is 2.39. The molecule has 2 N–H and O–H groups in total. The number of likely N-dealkylation sites (N-methyl/N-ethyl adjacent to an activating group) is 1. The normalized spacial score (nSPS) is 22.6. The van der Waals surface area contributed by atoms with Gasteiger partial charge in [0.2, 0.25) is 10.0 Å². The van der Waals surface area contributed by atoms with Crippen molar-refractivity contribution in [2.45, 2.75) is 39.7 Å². The molecule has 1 rings (SSSR count). The highest BCUT2D eigenvalue weighted by molar-refractivity contribution is 7.89. The molecule has 2 unspecified atom stereocenters. The fourth-order valence-corrected chi connectivity index (χ4v) is 4.33. The lowest BCUT2D eigenvalue weighted by Gasteiger charge is -2.26. The van der Waals surface area contributed by atoms with E-state index in [1.165, 1.54) is 0 Å². The maximum Gasteiger partial charge on any atom is 0.212 e. The van der Waals surface area contributed by atoms with Crippen molar-refractivity contribution in [1.29, 1.82) is 0 Å². The van der Waals surface area contributed by atoms with Crippen LogP contribution >= 0.6 is 0 Å². The lowest BCUT2D eigenvalue weighted by atomic mass is 10.0. The minimum Gasteiger partial charge on any atom is -0.316 e. The van der Waals surface area contributed by atoms with Crippen LogP contribution in [0.4, 0.5) is 0 Å². The van der Waals surface area contributed by atoms with Gasteiger partial charge in [0.05, 0.1) is 5.75 Å². The Morgan fingerprint density at radius 1 is 1.37 bits per heavy atom. The number of rotatable bonds is 8. The number of hydrogen-bond donors (Lipinski definition) is 2. The average Bonchev–Trinajstić information content (AvgIpc) is 2.35. The summed E-state index contributed by atoms with van der Waals surface area (Å²) in [5.41, 5.74) is 0. The number of nitrogens with one attached hydrogen (secondary N) is 2. The molecule has 1 aliphatic rings. The van der Waals surface area contributed by atoms with Crippen molar-refractivity contribution in [2.24, 2.45) is 5.92 Å². The Kier molecular flexibility index (Phi) is 7.28. The van der Waals surface area contributed by atoms with Crippen molar-refractivity contribution in [3.05, 3.63) is 0 Å². The summed E-state index contributed by atoms with van der Waals surface area (Å²) in [5, 5.41) is 3.26. The lowest BCUT2D eigenvalue weighted by Crippen LogP contribution is -2.44. The van der Waals surface area contributed by atoms with E-state index in [0.29, 0.717) is 0 Å². The van der Waals surface area contributed by atoms with Gasteiger partial charge >= 0.3 is 0 Å². The Morgan fingerprint density at radius 3 is 2.58 bits per heavy atom.